The molecule has 0 fully saturated rings. The fraction of sp³-hybridized carbons (Fsp3) is 0.400. The van der Waals surface area contributed by atoms with Crippen LogP contribution in [0.3, 0.4) is 0 Å². The van der Waals surface area contributed by atoms with Gasteiger partial charge in [-0.2, -0.15) is 0 Å². The third-order valence-electron chi connectivity index (χ3n) is 3.37. The Morgan fingerprint density at radius 3 is 2.88 bits per heavy atom. The summed E-state index contributed by atoms with van der Waals surface area (Å²) in [5, 5.41) is 11.5. The minimum Gasteiger partial charge on any atom is -0.480 e. The first-order valence-electron chi connectivity index (χ1n) is 7.16. The van der Waals surface area contributed by atoms with Crippen LogP contribution in [0.5, 0.6) is 0 Å². The molecule has 2 N–H and O–H groups in total. The topological polar surface area (TPSA) is 95.9 Å². The Bertz CT molecular complexity index is 655. The van der Waals surface area contributed by atoms with E-state index in [0.717, 1.165) is 4.90 Å². The molecule has 1 atom stereocenters. The standard InChI is InChI=1S/C15H17ClN2O5S/c1-23-5-4-18(8-14(20)21)13(19)7-12-15(22)17-10-6-9(16)2-3-11(10)24-12/h2-3,6,12H,4-5,7-8H2,1H3,(H,17,22)(H,20,21). The SMILES string of the molecule is COCCN(CC(=O)O)C(=O)CC1Sc2ccc(Cl)cc2NC1=O. The number of nitrogens with zero attached hydrogens (tertiary/aromatic N) is 1. The normalized spacial score (nSPS) is 16.2. The predicted molar refractivity (Wildman–Crippen MR) is 90.4 cm³/mol. The van der Waals surface area contributed by atoms with Crippen LogP contribution in [0, 0.1) is 0 Å². The molecule has 130 valence electrons. The molecule has 1 aliphatic rings. The van der Waals surface area contributed by atoms with E-state index in [1.165, 1.54) is 23.8 Å². The molecule has 1 aromatic carbocycles. The van der Waals surface area contributed by atoms with Crippen molar-refractivity contribution >= 4 is 46.8 Å². The number of hydrogen-bond donors (Lipinski definition) is 2. The van der Waals surface area contributed by atoms with Gasteiger partial charge in [0, 0.05) is 30.0 Å². The summed E-state index contributed by atoms with van der Waals surface area (Å²) in [7, 11) is 1.47. The number of thioether (sulfide) groups is 1. The Balaban J connectivity index is 2.05. The zero-order valence-electron chi connectivity index (χ0n) is 13.0. The van der Waals surface area contributed by atoms with Gasteiger partial charge in [0.15, 0.2) is 0 Å². The number of aliphatic carboxylic acids is 1. The monoisotopic (exact) mass is 372 g/mol. The van der Waals surface area contributed by atoms with Crippen molar-refractivity contribution < 1.29 is 24.2 Å². The molecule has 0 spiro atoms. The highest BCUT2D eigenvalue weighted by Gasteiger charge is 2.31. The van der Waals surface area contributed by atoms with Gasteiger partial charge in [0.1, 0.15) is 6.54 Å². The van der Waals surface area contributed by atoms with E-state index >= 15 is 0 Å². The van der Waals surface area contributed by atoms with Crippen LogP contribution >= 0.6 is 23.4 Å². The first kappa shape index (κ1) is 18.6. The number of benzene rings is 1. The average Bonchev–Trinajstić information content (AvgIpc) is 2.51. The van der Waals surface area contributed by atoms with E-state index in [9.17, 15) is 14.4 Å². The summed E-state index contributed by atoms with van der Waals surface area (Å²) in [5.74, 6) is -1.81. The van der Waals surface area contributed by atoms with Gasteiger partial charge < -0.3 is 20.1 Å². The smallest absolute Gasteiger partial charge is 0.323 e. The van der Waals surface area contributed by atoms with Crippen molar-refractivity contribution in [2.75, 3.05) is 32.1 Å². The van der Waals surface area contributed by atoms with Crippen LogP contribution in [0.4, 0.5) is 5.69 Å². The zero-order chi connectivity index (χ0) is 17.7. The molecule has 7 nitrogen and oxygen atoms in total. The highest BCUT2D eigenvalue weighted by molar-refractivity contribution is 8.01. The van der Waals surface area contributed by atoms with E-state index in [0.29, 0.717) is 10.7 Å². The fourth-order valence-corrected chi connectivity index (χ4v) is 3.46. The average molecular weight is 373 g/mol. The third kappa shape index (κ3) is 4.86. The van der Waals surface area contributed by atoms with E-state index in [4.69, 9.17) is 21.4 Å². The molecule has 1 aliphatic heterocycles. The van der Waals surface area contributed by atoms with Gasteiger partial charge in [0.25, 0.3) is 0 Å². The number of ether oxygens (including phenoxy) is 1. The Morgan fingerprint density at radius 2 is 2.21 bits per heavy atom. The third-order valence-corrected chi connectivity index (χ3v) is 4.88. The maximum atomic E-state index is 12.4. The zero-order valence-corrected chi connectivity index (χ0v) is 14.5. The van der Waals surface area contributed by atoms with Crippen molar-refractivity contribution in [2.24, 2.45) is 0 Å². The van der Waals surface area contributed by atoms with Crippen molar-refractivity contribution in [3.8, 4) is 0 Å². The van der Waals surface area contributed by atoms with Crippen molar-refractivity contribution in [3.05, 3.63) is 23.2 Å². The van der Waals surface area contributed by atoms with Gasteiger partial charge in [-0.25, -0.2) is 0 Å². The van der Waals surface area contributed by atoms with Crippen LogP contribution in [0.1, 0.15) is 6.42 Å². The summed E-state index contributed by atoms with van der Waals surface area (Å²) in [5.41, 5.74) is 0.614. The Labute approximate surface area is 148 Å². The molecule has 0 radical (unpaired) electrons. The molecule has 1 unspecified atom stereocenters. The molecular weight excluding hydrogens is 356 g/mol. The molecule has 0 saturated carbocycles. The maximum Gasteiger partial charge on any atom is 0.323 e. The summed E-state index contributed by atoms with van der Waals surface area (Å²) in [6, 6.07) is 5.13. The van der Waals surface area contributed by atoms with E-state index < -0.39 is 23.7 Å². The largest absolute Gasteiger partial charge is 0.480 e. The molecule has 9 heteroatoms. The van der Waals surface area contributed by atoms with Crippen molar-refractivity contribution in [1.29, 1.82) is 0 Å². The maximum absolute atomic E-state index is 12.4. The summed E-state index contributed by atoms with van der Waals surface area (Å²) >= 11 is 7.16. The molecule has 2 amide bonds. The second-order valence-corrected chi connectivity index (χ2v) is 6.82. The van der Waals surface area contributed by atoms with E-state index in [2.05, 4.69) is 5.32 Å². The molecule has 0 bridgehead atoms. The van der Waals surface area contributed by atoms with Crippen LogP contribution in [-0.4, -0.2) is 59.8 Å². The number of halogens is 1. The first-order chi connectivity index (χ1) is 11.4. The van der Waals surface area contributed by atoms with Crippen LogP contribution in [0.25, 0.3) is 0 Å². The second-order valence-electron chi connectivity index (χ2n) is 5.14. The molecule has 1 heterocycles. The number of amides is 2. The summed E-state index contributed by atoms with van der Waals surface area (Å²) in [6.07, 6.45) is -0.0877. The number of rotatable bonds is 7. The van der Waals surface area contributed by atoms with Gasteiger partial charge in [-0.05, 0) is 18.2 Å². The predicted octanol–water partition coefficient (Wildman–Crippen LogP) is 1.70. The Morgan fingerprint density at radius 1 is 1.46 bits per heavy atom. The van der Waals surface area contributed by atoms with Gasteiger partial charge in [-0.15, -0.1) is 11.8 Å². The van der Waals surface area contributed by atoms with Crippen LogP contribution < -0.4 is 5.32 Å². The van der Waals surface area contributed by atoms with Gasteiger partial charge in [-0.1, -0.05) is 11.6 Å². The number of carbonyl (C=O) groups is 3. The lowest BCUT2D eigenvalue weighted by molar-refractivity contribution is -0.145. The van der Waals surface area contributed by atoms with Gasteiger partial charge in [0.05, 0.1) is 17.5 Å². The first-order valence-corrected chi connectivity index (χ1v) is 8.42. The molecule has 0 aliphatic carbocycles. The number of carboxylic acids is 1. The Hall–Kier alpha value is -1.77. The lowest BCUT2D eigenvalue weighted by Crippen LogP contribution is -2.41. The quantitative estimate of drug-likeness (QED) is 0.756. The molecule has 0 aromatic heterocycles. The number of fused-ring (bicyclic) bond motifs is 1. The van der Waals surface area contributed by atoms with E-state index in [1.807, 2.05) is 0 Å². The summed E-state index contributed by atoms with van der Waals surface area (Å²) in [6.45, 7) is -0.0371. The fourth-order valence-electron chi connectivity index (χ4n) is 2.20. The minimum absolute atomic E-state index is 0.0877. The highest BCUT2D eigenvalue weighted by Crippen LogP contribution is 2.38. The summed E-state index contributed by atoms with van der Waals surface area (Å²) < 4.78 is 4.89. The van der Waals surface area contributed by atoms with Crippen molar-refractivity contribution in [3.63, 3.8) is 0 Å². The molecule has 24 heavy (non-hydrogen) atoms. The lowest BCUT2D eigenvalue weighted by Gasteiger charge is -2.26. The summed E-state index contributed by atoms with van der Waals surface area (Å²) in [4.78, 5) is 37.4. The number of hydrogen-bond acceptors (Lipinski definition) is 5. The van der Waals surface area contributed by atoms with E-state index in [1.54, 1.807) is 18.2 Å². The number of carbonyl (C=O) groups excluding carboxylic acids is 2. The molecule has 1 aromatic rings. The van der Waals surface area contributed by atoms with Crippen molar-refractivity contribution in [2.45, 2.75) is 16.6 Å². The molecule has 2 rings (SSSR count). The van der Waals surface area contributed by atoms with Gasteiger partial charge >= 0.3 is 5.97 Å². The van der Waals surface area contributed by atoms with Crippen LogP contribution in [0.2, 0.25) is 5.02 Å². The highest BCUT2D eigenvalue weighted by atomic mass is 35.5. The van der Waals surface area contributed by atoms with E-state index in [-0.39, 0.29) is 25.5 Å². The van der Waals surface area contributed by atoms with Crippen LogP contribution in [-0.2, 0) is 19.1 Å². The second kappa shape index (κ2) is 8.36. The number of anilines is 1. The number of carboxylic acid groups (broad SMARTS) is 1. The number of methoxy groups -OCH3 is 1. The lowest BCUT2D eigenvalue weighted by atomic mass is 10.2. The minimum atomic E-state index is -1.11. The number of nitrogens with one attached hydrogen (secondary N) is 1. The van der Waals surface area contributed by atoms with Crippen molar-refractivity contribution in [1.82, 2.24) is 4.90 Å². The molecular formula is C15H17ClN2O5S. The van der Waals surface area contributed by atoms with Gasteiger partial charge in [-0.3, -0.25) is 14.4 Å². The molecule has 0 saturated heterocycles. The van der Waals surface area contributed by atoms with Crippen LogP contribution in [0.15, 0.2) is 23.1 Å². The Kier molecular flexibility index (Phi) is 6.47. The van der Waals surface area contributed by atoms with Gasteiger partial charge in [0.2, 0.25) is 11.8 Å².